The van der Waals surface area contributed by atoms with Gasteiger partial charge in [0.1, 0.15) is 33.3 Å². The van der Waals surface area contributed by atoms with E-state index in [-0.39, 0.29) is 0 Å². The average molecular weight is 1360 g/mol. The smallest absolute Gasteiger partial charge is 0.174 e. The van der Waals surface area contributed by atoms with Crippen molar-refractivity contribution in [1.82, 2.24) is 17.5 Å². The number of ether oxygens (including phenoxy) is 2. The molecule has 94 heavy (non-hydrogen) atoms. The molecule has 0 amide bonds. The Labute approximate surface area is 592 Å². The summed E-state index contributed by atoms with van der Waals surface area (Å²) in [6.07, 6.45) is 74.6. The molecule has 0 unspecified atom stereocenters. The molecule has 6 heterocycles. The third-order valence-corrected chi connectivity index (χ3v) is 25.2. The van der Waals surface area contributed by atoms with Gasteiger partial charge in [0.2, 0.25) is 0 Å². The van der Waals surface area contributed by atoms with Gasteiger partial charge < -0.3 is 9.47 Å². The molecule has 0 aliphatic carbocycles. The predicted octanol–water partition coefficient (Wildman–Crippen LogP) is 30.5. The highest BCUT2D eigenvalue weighted by atomic mass is 32.1. The summed E-state index contributed by atoms with van der Waals surface area (Å²) < 4.78 is 37.1. The highest BCUT2D eigenvalue weighted by Crippen LogP contribution is 2.65. The summed E-state index contributed by atoms with van der Waals surface area (Å²) in [6.45, 7) is 13.8. The molecule has 0 bridgehead atoms. The second kappa shape index (κ2) is 44.3. The number of benzene rings is 2. The largest absolute Gasteiger partial charge is 0.478 e. The highest BCUT2D eigenvalue weighted by molar-refractivity contribution is 7.19. The van der Waals surface area contributed by atoms with Crippen LogP contribution < -0.4 is 9.47 Å². The lowest BCUT2D eigenvalue weighted by Gasteiger charge is -2.44. The van der Waals surface area contributed by atoms with E-state index in [0.29, 0.717) is 0 Å². The zero-order valence-corrected chi connectivity index (χ0v) is 64.4. The van der Waals surface area contributed by atoms with E-state index in [4.69, 9.17) is 27.0 Å². The third kappa shape index (κ3) is 23.3. The van der Waals surface area contributed by atoms with E-state index in [9.17, 15) is 0 Å². The summed E-state index contributed by atoms with van der Waals surface area (Å²) in [5, 5.41) is 0. The molecular weight excluding hydrogens is 1230 g/mol. The Bertz CT molecular complexity index is 2920. The van der Waals surface area contributed by atoms with Gasteiger partial charge in [0, 0.05) is 36.2 Å². The maximum atomic E-state index is 8.33. The minimum absolute atomic E-state index is 0.435. The number of rotatable bonds is 57. The van der Waals surface area contributed by atoms with Crippen LogP contribution in [0.2, 0.25) is 0 Å². The van der Waals surface area contributed by atoms with Crippen LogP contribution in [0.25, 0.3) is 53.4 Å². The van der Waals surface area contributed by atoms with Gasteiger partial charge >= 0.3 is 0 Å². The van der Waals surface area contributed by atoms with Gasteiger partial charge in [0.05, 0.1) is 34.6 Å². The van der Waals surface area contributed by atoms with E-state index < -0.39 is 11.2 Å². The van der Waals surface area contributed by atoms with Gasteiger partial charge in [-0.25, -0.2) is 0 Å². The highest BCUT2D eigenvalue weighted by Gasteiger charge is 2.50. The second-order valence-corrected chi connectivity index (χ2v) is 33.2. The van der Waals surface area contributed by atoms with Gasteiger partial charge in [-0.2, -0.15) is 17.5 Å². The van der Waals surface area contributed by atoms with Crippen molar-refractivity contribution in [3.63, 3.8) is 0 Å². The van der Waals surface area contributed by atoms with Crippen LogP contribution in [0.3, 0.4) is 0 Å². The van der Waals surface area contributed by atoms with Crippen LogP contribution >= 0.6 is 46.1 Å². The van der Waals surface area contributed by atoms with Crippen molar-refractivity contribution in [2.75, 3.05) is 0 Å². The minimum atomic E-state index is -0.510. The van der Waals surface area contributed by atoms with Gasteiger partial charge in [-0.1, -0.05) is 348 Å². The van der Waals surface area contributed by atoms with Crippen LogP contribution in [0.15, 0.2) is 24.3 Å². The van der Waals surface area contributed by atoms with E-state index in [0.717, 1.165) is 83.2 Å². The van der Waals surface area contributed by atoms with E-state index in [1.165, 1.54) is 386 Å². The standard InChI is InChI=1S/C84H134N4O2S4/c1-7-11-15-19-23-27-31-35-39-43-47-51-55-61-83(62-56-52-48-44-40-36-32-28-24-20-16-12-8-2)70-65-68(6)91-81(70)73-77-78(88-94-87-77)74-80(79(73)89-83)90-84(63-57-53-49-45-41-37-33-29-25-21-17-13-9-3,64-58-54-50-46-42-38-34-30-26-22-18-14-10-4)71-66-72(92-82(71)74)69-60-59-67(5)75-76(69)86-93-85-75/h59-60,65-66H,7-58,61-64H2,1-6H3. The fourth-order valence-electron chi connectivity index (χ4n) is 16.1. The van der Waals surface area contributed by atoms with Crippen LogP contribution in [-0.2, 0) is 11.2 Å². The summed E-state index contributed by atoms with van der Waals surface area (Å²) >= 11 is 6.63. The van der Waals surface area contributed by atoms with Crippen LogP contribution in [-0.4, -0.2) is 17.5 Å². The summed E-state index contributed by atoms with van der Waals surface area (Å²) in [5.74, 6) is 1.93. The maximum Gasteiger partial charge on any atom is 0.174 e. The molecule has 2 aliphatic heterocycles. The van der Waals surface area contributed by atoms with Crippen molar-refractivity contribution < 1.29 is 9.47 Å². The predicted molar refractivity (Wildman–Crippen MR) is 416 cm³/mol. The summed E-state index contributed by atoms with van der Waals surface area (Å²) in [6, 6.07) is 9.67. The first-order valence-electron chi connectivity index (χ1n) is 40.6. The van der Waals surface area contributed by atoms with Gasteiger partial charge in [-0.15, -0.1) is 22.7 Å². The Morgan fingerprint density at radius 3 is 0.915 bits per heavy atom. The van der Waals surface area contributed by atoms with Gasteiger partial charge in [-0.3, -0.25) is 0 Å². The summed E-state index contributed by atoms with van der Waals surface area (Å²) in [7, 11) is 0. The second-order valence-electron chi connectivity index (χ2n) is 29.9. The topological polar surface area (TPSA) is 70.0 Å². The Hall–Kier alpha value is -2.92. The van der Waals surface area contributed by atoms with Crippen molar-refractivity contribution in [2.45, 2.75) is 412 Å². The van der Waals surface area contributed by atoms with Crippen LogP contribution in [0, 0.1) is 13.8 Å². The first-order chi connectivity index (χ1) is 46.4. The van der Waals surface area contributed by atoms with Crippen molar-refractivity contribution in [3.8, 4) is 42.8 Å². The van der Waals surface area contributed by atoms with E-state index in [1.807, 2.05) is 22.7 Å². The van der Waals surface area contributed by atoms with E-state index >= 15 is 0 Å². The lowest BCUT2D eigenvalue weighted by atomic mass is 9.78. The molecular formula is C84H134N4O2S4. The molecule has 0 atom stereocenters. The molecule has 6 aromatic rings. The molecule has 0 saturated carbocycles. The number of unbranched alkanes of at least 4 members (excludes halogenated alkanes) is 48. The van der Waals surface area contributed by atoms with E-state index in [2.05, 4.69) is 65.8 Å². The number of aromatic nitrogens is 4. The minimum Gasteiger partial charge on any atom is -0.478 e. The molecule has 0 saturated heterocycles. The first-order valence-corrected chi connectivity index (χ1v) is 43.7. The summed E-state index contributed by atoms with van der Waals surface area (Å²) in [5.41, 5.74) is 10.5. The molecule has 0 N–H and O–H groups in total. The zero-order valence-electron chi connectivity index (χ0n) is 61.1. The molecule has 6 nitrogen and oxygen atoms in total. The molecule has 2 aromatic carbocycles. The van der Waals surface area contributed by atoms with Gasteiger partial charge in [0.15, 0.2) is 11.5 Å². The number of fused-ring (bicyclic) bond motifs is 11. The Morgan fingerprint density at radius 2 is 0.585 bits per heavy atom. The van der Waals surface area contributed by atoms with Crippen molar-refractivity contribution in [3.05, 3.63) is 45.8 Å². The third-order valence-electron chi connectivity index (χ3n) is 21.9. The van der Waals surface area contributed by atoms with Crippen LogP contribution in [0.5, 0.6) is 11.5 Å². The molecule has 4 aromatic heterocycles. The van der Waals surface area contributed by atoms with Crippen LogP contribution in [0.4, 0.5) is 0 Å². The van der Waals surface area contributed by atoms with Crippen molar-refractivity contribution in [2.24, 2.45) is 0 Å². The zero-order chi connectivity index (χ0) is 65.7. The average Bonchev–Trinajstić information content (AvgIpc) is 1.37. The molecule has 10 heteroatoms. The number of hydrogen-bond acceptors (Lipinski definition) is 10. The molecule has 2 aliphatic rings. The van der Waals surface area contributed by atoms with Gasteiger partial charge in [-0.05, 0) is 82.9 Å². The number of thiophene rings is 2. The van der Waals surface area contributed by atoms with E-state index in [1.54, 1.807) is 0 Å². The fraction of sp³-hybridized carbons (Fsp3) is 0.762. The van der Waals surface area contributed by atoms with Crippen molar-refractivity contribution >= 4 is 68.2 Å². The Kier molecular flexibility index (Phi) is 36.2. The van der Waals surface area contributed by atoms with Crippen molar-refractivity contribution in [1.29, 1.82) is 0 Å². The lowest BCUT2D eigenvalue weighted by Crippen LogP contribution is -2.39. The van der Waals surface area contributed by atoms with Gasteiger partial charge in [0.25, 0.3) is 0 Å². The molecule has 0 spiro atoms. The molecule has 0 fully saturated rings. The number of aryl methyl sites for hydroxylation is 2. The SMILES string of the molecule is CCCCCCCCCCCCCCCC1(CCCCCCCCCCCCCCC)Oc2c3c(c4nsnc4c2-c2sc(C)cc21)-c1sc(-c2ccc(C)c4nsnc24)cc1C(CCCCCCCCCCCCCCC)(CCCCCCCCCCCCCCC)O3. The lowest BCUT2D eigenvalue weighted by molar-refractivity contribution is 0.0119. The maximum absolute atomic E-state index is 8.33. The normalized spacial score (nSPS) is 13.8. The quantitative estimate of drug-likeness (QED) is 0.0355. The number of nitrogens with zero attached hydrogens (tertiary/aromatic N) is 4. The molecule has 526 valence electrons. The fourth-order valence-corrected chi connectivity index (χ4v) is 19.7. The first kappa shape index (κ1) is 76.8. The Morgan fingerprint density at radius 1 is 0.309 bits per heavy atom. The number of hydrogen-bond donors (Lipinski definition) is 0. The summed E-state index contributed by atoms with van der Waals surface area (Å²) in [4.78, 5) is 5.29. The van der Waals surface area contributed by atoms with Crippen LogP contribution in [0.1, 0.15) is 409 Å². The molecule has 0 radical (unpaired) electrons. The Balaban J connectivity index is 1.09. The monoisotopic (exact) mass is 1360 g/mol. The molecule has 8 rings (SSSR count).